The highest BCUT2D eigenvalue weighted by molar-refractivity contribution is 8.00. The molecule has 1 atom stereocenters. The Kier molecular flexibility index (Phi) is 6.47. The predicted molar refractivity (Wildman–Crippen MR) is 84.0 cm³/mol. The van der Waals surface area contributed by atoms with Gasteiger partial charge in [0, 0.05) is 16.7 Å². The van der Waals surface area contributed by atoms with Crippen LogP contribution in [0.3, 0.4) is 0 Å². The SMILES string of the molecule is CC1(CNCCCCC(C)(C)C(N)=NO)CCCS1. The van der Waals surface area contributed by atoms with Crippen molar-refractivity contribution in [2.45, 2.75) is 57.6 Å². The van der Waals surface area contributed by atoms with E-state index in [1.165, 1.54) is 18.6 Å². The summed E-state index contributed by atoms with van der Waals surface area (Å²) in [5, 5.41) is 15.4. The first kappa shape index (κ1) is 16.6. The first-order chi connectivity index (χ1) is 8.90. The molecule has 1 aliphatic rings. The number of thioether (sulfide) groups is 1. The number of nitrogens with two attached hydrogens (primary N) is 1. The van der Waals surface area contributed by atoms with E-state index in [2.05, 4.69) is 29.2 Å². The summed E-state index contributed by atoms with van der Waals surface area (Å²) in [4.78, 5) is 0. The lowest BCUT2D eigenvalue weighted by Crippen LogP contribution is -2.34. The van der Waals surface area contributed by atoms with Crippen LogP contribution in [-0.2, 0) is 0 Å². The summed E-state index contributed by atoms with van der Waals surface area (Å²) in [5.41, 5.74) is 5.47. The molecule has 0 amide bonds. The Morgan fingerprint density at radius 2 is 2.21 bits per heavy atom. The van der Waals surface area contributed by atoms with Crippen molar-refractivity contribution in [3.63, 3.8) is 0 Å². The lowest BCUT2D eigenvalue weighted by molar-refractivity contribution is 0.304. The summed E-state index contributed by atoms with van der Waals surface area (Å²) in [6, 6.07) is 0. The highest BCUT2D eigenvalue weighted by Crippen LogP contribution is 2.36. The van der Waals surface area contributed by atoms with Gasteiger partial charge in [-0.05, 0) is 44.9 Å². The van der Waals surface area contributed by atoms with Crippen molar-refractivity contribution >= 4 is 17.6 Å². The summed E-state index contributed by atoms with van der Waals surface area (Å²) in [6.07, 6.45) is 5.89. The number of unbranched alkanes of at least 4 members (excludes halogenated alkanes) is 1. The molecule has 0 aromatic rings. The van der Waals surface area contributed by atoms with Crippen LogP contribution in [0.25, 0.3) is 0 Å². The minimum Gasteiger partial charge on any atom is -0.409 e. The monoisotopic (exact) mass is 287 g/mol. The number of oxime groups is 1. The highest BCUT2D eigenvalue weighted by atomic mass is 32.2. The van der Waals surface area contributed by atoms with Gasteiger partial charge >= 0.3 is 0 Å². The van der Waals surface area contributed by atoms with E-state index in [1.807, 2.05) is 13.8 Å². The van der Waals surface area contributed by atoms with E-state index in [4.69, 9.17) is 10.9 Å². The molecule has 1 rings (SSSR count). The van der Waals surface area contributed by atoms with Gasteiger partial charge in [-0.15, -0.1) is 0 Å². The van der Waals surface area contributed by atoms with Gasteiger partial charge < -0.3 is 16.3 Å². The predicted octanol–water partition coefficient (Wildman–Crippen LogP) is 2.80. The number of nitrogens with one attached hydrogen (secondary N) is 1. The van der Waals surface area contributed by atoms with Gasteiger partial charge in [-0.3, -0.25) is 0 Å². The zero-order chi connectivity index (χ0) is 14.4. The molecule has 4 N–H and O–H groups in total. The zero-order valence-electron chi connectivity index (χ0n) is 12.5. The van der Waals surface area contributed by atoms with Crippen molar-refractivity contribution in [3.8, 4) is 0 Å². The molecular weight excluding hydrogens is 258 g/mol. The number of hydrogen-bond acceptors (Lipinski definition) is 4. The lowest BCUT2D eigenvalue weighted by Gasteiger charge is -2.24. The first-order valence-electron chi connectivity index (χ1n) is 7.22. The molecular formula is C14H29N3OS. The normalized spacial score (nSPS) is 24.9. The maximum absolute atomic E-state index is 8.71. The molecule has 0 radical (unpaired) electrons. The summed E-state index contributed by atoms with van der Waals surface area (Å²) in [5.74, 6) is 1.64. The van der Waals surface area contributed by atoms with Crippen LogP contribution in [0.2, 0.25) is 0 Å². The number of hydrogen-bond donors (Lipinski definition) is 3. The summed E-state index contributed by atoms with van der Waals surface area (Å²) < 4.78 is 0.452. The molecule has 112 valence electrons. The molecule has 0 bridgehead atoms. The molecule has 0 spiro atoms. The van der Waals surface area contributed by atoms with Gasteiger partial charge in [0.15, 0.2) is 0 Å². The molecule has 4 nitrogen and oxygen atoms in total. The second-order valence-corrected chi connectivity index (χ2v) is 8.09. The third-order valence-corrected chi connectivity index (χ3v) is 5.54. The van der Waals surface area contributed by atoms with Crippen LogP contribution < -0.4 is 11.1 Å². The zero-order valence-corrected chi connectivity index (χ0v) is 13.4. The average Bonchev–Trinajstić information content (AvgIpc) is 2.79. The van der Waals surface area contributed by atoms with E-state index in [9.17, 15) is 0 Å². The minimum absolute atomic E-state index is 0.206. The van der Waals surface area contributed by atoms with E-state index < -0.39 is 0 Å². The highest BCUT2D eigenvalue weighted by Gasteiger charge is 2.28. The maximum atomic E-state index is 8.71. The molecule has 0 aromatic carbocycles. The Bertz CT molecular complexity index is 299. The Labute approximate surface area is 121 Å². The number of nitrogens with zero attached hydrogens (tertiary/aromatic N) is 1. The van der Waals surface area contributed by atoms with Crippen LogP contribution >= 0.6 is 11.8 Å². The van der Waals surface area contributed by atoms with E-state index in [0.29, 0.717) is 10.6 Å². The largest absolute Gasteiger partial charge is 0.409 e. The van der Waals surface area contributed by atoms with Gasteiger partial charge in [0.2, 0.25) is 0 Å². The summed E-state index contributed by atoms with van der Waals surface area (Å²) in [7, 11) is 0. The van der Waals surface area contributed by atoms with Gasteiger partial charge in [-0.25, -0.2) is 0 Å². The fourth-order valence-corrected chi connectivity index (χ4v) is 3.68. The first-order valence-corrected chi connectivity index (χ1v) is 8.21. The molecule has 0 saturated carbocycles. The molecule has 1 saturated heterocycles. The molecule has 0 aliphatic carbocycles. The van der Waals surface area contributed by atoms with Crippen molar-refractivity contribution in [3.05, 3.63) is 0 Å². The second-order valence-electron chi connectivity index (χ2n) is 6.40. The third kappa shape index (κ3) is 5.61. The fourth-order valence-electron chi connectivity index (χ4n) is 2.41. The van der Waals surface area contributed by atoms with Gasteiger partial charge in [0.25, 0.3) is 0 Å². The van der Waals surface area contributed by atoms with E-state index in [1.54, 1.807) is 0 Å². The summed E-state index contributed by atoms with van der Waals surface area (Å²) in [6.45, 7) is 8.57. The van der Waals surface area contributed by atoms with E-state index >= 15 is 0 Å². The molecule has 0 aromatic heterocycles. The molecule has 5 heteroatoms. The van der Waals surface area contributed by atoms with Crippen molar-refractivity contribution < 1.29 is 5.21 Å². The van der Waals surface area contributed by atoms with Crippen molar-refractivity contribution in [2.24, 2.45) is 16.3 Å². The standard InChI is InChI=1S/C14H29N3OS/c1-13(2,12(15)17-18)7-4-5-9-16-11-14(3)8-6-10-19-14/h16,18H,4-11H2,1-3H3,(H2,15,17). The Morgan fingerprint density at radius 3 is 2.79 bits per heavy atom. The number of amidine groups is 1. The number of rotatable bonds is 8. The Hall–Kier alpha value is -0.420. The smallest absolute Gasteiger partial charge is 0.144 e. The topological polar surface area (TPSA) is 70.6 Å². The molecule has 1 heterocycles. The Morgan fingerprint density at radius 1 is 1.47 bits per heavy atom. The van der Waals surface area contributed by atoms with Crippen LogP contribution in [0.15, 0.2) is 5.16 Å². The van der Waals surface area contributed by atoms with Crippen LogP contribution in [0, 0.1) is 5.41 Å². The van der Waals surface area contributed by atoms with E-state index in [0.717, 1.165) is 32.4 Å². The average molecular weight is 287 g/mol. The molecule has 1 fully saturated rings. The molecule has 19 heavy (non-hydrogen) atoms. The molecule has 1 aliphatic heterocycles. The van der Waals surface area contributed by atoms with Crippen LogP contribution in [0.5, 0.6) is 0 Å². The van der Waals surface area contributed by atoms with Crippen molar-refractivity contribution in [1.29, 1.82) is 0 Å². The van der Waals surface area contributed by atoms with Crippen LogP contribution in [-0.4, -0.2) is 34.6 Å². The van der Waals surface area contributed by atoms with Crippen molar-refractivity contribution in [2.75, 3.05) is 18.8 Å². The van der Waals surface area contributed by atoms with Crippen LogP contribution in [0.1, 0.15) is 52.9 Å². The quantitative estimate of drug-likeness (QED) is 0.211. The van der Waals surface area contributed by atoms with Crippen molar-refractivity contribution in [1.82, 2.24) is 5.32 Å². The van der Waals surface area contributed by atoms with Crippen LogP contribution in [0.4, 0.5) is 0 Å². The Balaban J connectivity index is 2.08. The fraction of sp³-hybridized carbons (Fsp3) is 0.929. The summed E-state index contributed by atoms with van der Waals surface area (Å²) >= 11 is 2.10. The third-order valence-electron chi connectivity index (χ3n) is 4.01. The van der Waals surface area contributed by atoms with Gasteiger partial charge in [-0.2, -0.15) is 11.8 Å². The minimum atomic E-state index is -0.206. The molecule has 1 unspecified atom stereocenters. The van der Waals surface area contributed by atoms with Gasteiger partial charge in [0.1, 0.15) is 5.84 Å². The van der Waals surface area contributed by atoms with Gasteiger partial charge in [-0.1, -0.05) is 25.4 Å². The maximum Gasteiger partial charge on any atom is 0.144 e. The van der Waals surface area contributed by atoms with Gasteiger partial charge in [0.05, 0.1) is 0 Å². The second kappa shape index (κ2) is 7.39. The van der Waals surface area contributed by atoms with E-state index in [-0.39, 0.29) is 5.41 Å². The lowest BCUT2D eigenvalue weighted by atomic mass is 9.86.